The van der Waals surface area contributed by atoms with E-state index in [1.807, 2.05) is 0 Å². The Labute approximate surface area is 104 Å². The van der Waals surface area contributed by atoms with E-state index in [4.69, 9.17) is 18.0 Å². The van der Waals surface area contributed by atoms with Gasteiger partial charge in [-0.25, -0.2) is 4.39 Å². The van der Waals surface area contributed by atoms with Crippen LogP contribution in [0.15, 0.2) is 12.1 Å². The number of carbonyl (C=O) groups is 1. The molecule has 17 heavy (non-hydrogen) atoms. The maximum atomic E-state index is 13.8. The summed E-state index contributed by atoms with van der Waals surface area (Å²) in [4.78, 5) is 13.1. The molecule has 1 saturated heterocycles. The molecule has 1 aliphatic rings. The highest BCUT2D eigenvalue weighted by Crippen LogP contribution is 2.35. The molecule has 0 bridgehead atoms. The number of anilines is 1. The molecule has 1 amide bonds. The Balaban J connectivity index is 2.45. The monoisotopic (exact) mass is 251 g/mol. The minimum atomic E-state index is -0.494. The predicted octanol–water partition coefficient (Wildman–Crippen LogP) is 2.77. The number of hydrogen-bond acceptors (Lipinski definition) is 1. The average molecular weight is 252 g/mol. The summed E-state index contributed by atoms with van der Waals surface area (Å²) in [5.41, 5.74) is 0.884. The first kappa shape index (κ1) is 11.9. The maximum Gasteiger partial charge on any atom is 0.228 e. The van der Waals surface area contributed by atoms with E-state index in [1.54, 1.807) is 13.0 Å². The van der Waals surface area contributed by atoms with Crippen LogP contribution in [0.4, 0.5) is 10.1 Å². The van der Waals surface area contributed by atoms with Crippen LogP contribution in [0.1, 0.15) is 12.0 Å². The predicted molar refractivity (Wildman–Crippen MR) is 65.4 cm³/mol. The molecule has 1 fully saturated rings. The van der Waals surface area contributed by atoms with E-state index in [-0.39, 0.29) is 29.0 Å². The minimum Gasteiger partial charge on any atom is -0.307 e. The van der Waals surface area contributed by atoms with Crippen molar-refractivity contribution < 1.29 is 9.18 Å². The smallest absolute Gasteiger partial charge is 0.228 e. The van der Waals surface area contributed by atoms with E-state index < -0.39 is 5.82 Å². The van der Waals surface area contributed by atoms with Gasteiger partial charge in [-0.3, -0.25) is 4.79 Å². The maximum absolute atomic E-state index is 13.8. The Morgan fingerprint density at radius 1 is 1.59 bits per heavy atom. The molecule has 0 N–H and O–H groups in total. The van der Waals surface area contributed by atoms with Crippen LogP contribution in [0, 0.1) is 31.0 Å². The lowest BCUT2D eigenvalue weighted by Gasteiger charge is -2.19. The molecule has 0 aliphatic carbocycles. The molecular weight excluding hydrogens is 241 g/mol. The molecule has 1 aromatic rings. The van der Waals surface area contributed by atoms with E-state index in [0.29, 0.717) is 6.54 Å². The standard InChI is InChI=1S/C13H11ClFNO/c1-3-9-6-11(17)16(7-9)13-10(15)5-4-8(2)12(13)14/h1,4-5,9H,6-7H2,2H3. The first-order valence-electron chi connectivity index (χ1n) is 5.25. The lowest BCUT2D eigenvalue weighted by atomic mass is 10.1. The van der Waals surface area contributed by atoms with Gasteiger partial charge in [0.15, 0.2) is 0 Å². The normalized spacial score (nSPS) is 19.5. The third-order valence-electron chi connectivity index (χ3n) is 2.89. The molecule has 0 saturated carbocycles. The molecule has 1 heterocycles. The van der Waals surface area contributed by atoms with Crippen molar-refractivity contribution in [2.45, 2.75) is 13.3 Å². The van der Waals surface area contributed by atoms with E-state index in [0.717, 1.165) is 5.56 Å². The molecule has 1 aliphatic heterocycles. The van der Waals surface area contributed by atoms with Crippen molar-refractivity contribution in [3.8, 4) is 12.3 Å². The van der Waals surface area contributed by atoms with Crippen molar-refractivity contribution in [2.75, 3.05) is 11.4 Å². The van der Waals surface area contributed by atoms with Gasteiger partial charge in [0.2, 0.25) is 5.91 Å². The number of halogens is 2. The number of nitrogens with zero attached hydrogens (tertiary/aromatic N) is 1. The van der Waals surface area contributed by atoms with E-state index >= 15 is 0 Å². The zero-order chi connectivity index (χ0) is 12.6. The molecule has 2 nitrogen and oxygen atoms in total. The number of aryl methyl sites for hydroxylation is 1. The zero-order valence-electron chi connectivity index (χ0n) is 9.34. The molecule has 0 spiro atoms. The van der Waals surface area contributed by atoms with Crippen molar-refractivity contribution >= 4 is 23.2 Å². The quantitative estimate of drug-likeness (QED) is 0.703. The number of carbonyl (C=O) groups excluding carboxylic acids is 1. The highest BCUT2D eigenvalue weighted by molar-refractivity contribution is 6.34. The molecule has 2 rings (SSSR count). The van der Waals surface area contributed by atoms with Crippen LogP contribution in [0.25, 0.3) is 0 Å². The second kappa shape index (κ2) is 4.38. The van der Waals surface area contributed by atoms with Gasteiger partial charge in [0, 0.05) is 18.9 Å². The Morgan fingerprint density at radius 3 is 2.88 bits per heavy atom. The first-order valence-corrected chi connectivity index (χ1v) is 5.63. The molecule has 1 aromatic carbocycles. The molecule has 1 atom stereocenters. The number of terminal acetylenes is 1. The van der Waals surface area contributed by atoms with Crippen LogP contribution in [0.3, 0.4) is 0 Å². The summed E-state index contributed by atoms with van der Waals surface area (Å²) >= 11 is 6.05. The fourth-order valence-corrected chi connectivity index (χ4v) is 2.18. The lowest BCUT2D eigenvalue weighted by Crippen LogP contribution is -2.26. The largest absolute Gasteiger partial charge is 0.307 e. The summed E-state index contributed by atoms with van der Waals surface area (Å²) in [7, 11) is 0. The highest BCUT2D eigenvalue weighted by Gasteiger charge is 2.32. The Kier molecular flexibility index (Phi) is 3.08. The summed E-state index contributed by atoms with van der Waals surface area (Å²) in [6.07, 6.45) is 5.54. The fourth-order valence-electron chi connectivity index (χ4n) is 1.92. The van der Waals surface area contributed by atoms with Gasteiger partial charge in [-0.05, 0) is 18.6 Å². The van der Waals surface area contributed by atoms with Crippen LogP contribution < -0.4 is 4.90 Å². The van der Waals surface area contributed by atoms with Crippen molar-refractivity contribution in [2.24, 2.45) is 5.92 Å². The first-order chi connectivity index (χ1) is 8.04. The summed E-state index contributed by atoms with van der Waals surface area (Å²) in [5.74, 6) is 1.68. The molecule has 0 aromatic heterocycles. The van der Waals surface area contributed by atoms with Crippen molar-refractivity contribution in [1.82, 2.24) is 0 Å². The SMILES string of the molecule is C#CC1CC(=O)N(c2c(F)ccc(C)c2Cl)C1. The number of hydrogen-bond donors (Lipinski definition) is 0. The Bertz CT molecular complexity index is 521. The lowest BCUT2D eigenvalue weighted by molar-refractivity contribution is -0.117. The topological polar surface area (TPSA) is 20.3 Å². The summed E-state index contributed by atoms with van der Waals surface area (Å²) in [5, 5.41) is 0.274. The molecule has 4 heteroatoms. The summed E-state index contributed by atoms with van der Waals surface area (Å²) in [6, 6.07) is 2.90. The van der Waals surface area contributed by atoms with Crippen LogP contribution in [-0.4, -0.2) is 12.5 Å². The Morgan fingerprint density at radius 2 is 2.29 bits per heavy atom. The van der Waals surface area contributed by atoms with Crippen LogP contribution in [0.2, 0.25) is 5.02 Å². The number of rotatable bonds is 1. The van der Waals surface area contributed by atoms with Gasteiger partial charge >= 0.3 is 0 Å². The molecule has 0 radical (unpaired) electrons. The zero-order valence-corrected chi connectivity index (χ0v) is 10.1. The van der Waals surface area contributed by atoms with Crippen LogP contribution in [0.5, 0.6) is 0 Å². The van der Waals surface area contributed by atoms with Gasteiger partial charge in [-0.15, -0.1) is 12.3 Å². The van der Waals surface area contributed by atoms with Crippen LogP contribution >= 0.6 is 11.6 Å². The molecule has 1 unspecified atom stereocenters. The van der Waals surface area contributed by atoms with Gasteiger partial charge in [0.1, 0.15) is 5.82 Å². The van der Waals surface area contributed by atoms with E-state index in [2.05, 4.69) is 5.92 Å². The Hall–Kier alpha value is -1.53. The second-order valence-electron chi connectivity index (χ2n) is 4.10. The number of amides is 1. The van der Waals surface area contributed by atoms with Crippen molar-refractivity contribution in [3.63, 3.8) is 0 Å². The summed E-state index contributed by atoms with van der Waals surface area (Å²) in [6.45, 7) is 2.10. The van der Waals surface area contributed by atoms with Crippen molar-refractivity contribution in [1.29, 1.82) is 0 Å². The highest BCUT2D eigenvalue weighted by atomic mass is 35.5. The van der Waals surface area contributed by atoms with Gasteiger partial charge in [-0.1, -0.05) is 17.7 Å². The van der Waals surface area contributed by atoms with Crippen LogP contribution in [-0.2, 0) is 4.79 Å². The third-order valence-corrected chi connectivity index (χ3v) is 3.37. The van der Waals surface area contributed by atoms with Gasteiger partial charge in [0.25, 0.3) is 0 Å². The van der Waals surface area contributed by atoms with E-state index in [9.17, 15) is 9.18 Å². The summed E-state index contributed by atoms with van der Waals surface area (Å²) < 4.78 is 13.8. The minimum absolute atomic E-state index is 0.148. The number of benzene rings is 1. The van der Waals surface area contributed by atoms with Gasteiger partial charge < -0.3 is 4.90 Å². The molecule has 88 valence electrons. The second-order valence-corrected chi connectivity index (χ2v) is 4.48. The average Bonchev–Trinajstić information content (AvgIpc) is 2.66. The fraction of sp³-hybridized carbons (Fsp3) is 0.308. The van der Waals surface area contributed by atoms with Gasteiger partial charge in [0.05, 0.1) is 10.7 Å². The third kappa shape index (κ3) is 2.01. The van der Waals surface area contributed by atoms with Gasteiger partial charge in [-0.2, -0.15) is 0 Å². The van der Waals surface area contributed by atoms with E-state index in [1.165, 1.54) is 11.0 Å². The molecular formula is C13H11ClFNO. The van der Waals surface area contributed by atoms with Crippen molar-refractivity contribution in [3.05, 3.63) is 28.5 Å².